The minimum Gasteiger partial charge on any atom is -0.482 e. The number of ether oxygens (including phenoxy) is 2. The molecule has 1 aliphatic heterocycles. The maximum Gasteiger partial charge on any atom is 0.341 e. The predicted molar refractivity (Wildman–Crippen MR) is 114 cm³/mol. The Balaban J connectivity index is 1.98. The van der Waals surface area contributed by atoms with E-state index in [1.54, 1.807) is 30.3 Å². The number of aliphatic carboxylic acids is 1. The van der Waals surface area contributed by atoms with Crippen LogP contribution < -0.4 is 10.1 Å². The number of hydrogen-bond acceptors (Lipinski definition) is 4. The van der Waals surface area contributed by atoms with Crippen LogP contribution in [0.3, 0.4) is 0 Å². The SMILES string of the molecule is CC(=O)N[C@]1(C)C[C@@H](c2ccc(Cl)cc2)O[C@@H](c2cc(Cl)ccc2OCC(=O)O)C1. The van der Waals surface area contributed by atoms with Gasteiger partial charge in [-0.25, -0.2) is 4.79 Å². The maximum absolute atomic E-state index is 11.9. The molecule has 1 heterocycles. The summed E-state index contributed by atoms with van der Waals surface area (Å²) >= 11 is 12.2. The second-order valence-electron chi connectivity index (χ2n) is 7.68. The van der Waals surface area contributed by atoms with Crippen LogP contribution in [0.15, 0.2) is 42.5 Å². The van der Waals surface area contributed by atoms with Crippen LogP contribution >= 0.6 is 23.2 Å². The summed E-state index contributed by atoms with van der Waals surface area (Å²) in [4.78, 5) is 22.8. The maximum atomic E-state index is 11.9. The van der Waals surface area contributed by atoms with E-state index < -0.39 is 24.2 Å². The van der Waals surface area contributed by atoms with Gasteiger partial charge in [0.05, 0.1) is 12.2 Å². The first kappa shape index (κ1) is 22.4. The molecule has 30 heavy (non-hydrogen) atoms. The molecule has 1 aliphatic rings. The van der Waals surface area contributed by atoms with E-state index in [-0.39, 0.29) is 12.0 Å². The van der Waals surface area contributed by atoms with Gasteiger partial charge in [0.15, 0.2) is 6.61 Å². The van der Waals surface area contributed by atoms with Crippen molar-refractivity contribution in [3.8, 4) is 5.75 Å². The minimum atomic E-state index is -1.08. The molecule has 3 rings (SSSR count). The number of carboxylic acids is 1. The number of carboxylic acid groups (broad SMARTS) is 1. The van der Waals surface area contributed by atoms with Gasteiger partial charge in [-0.2, -0.15) is 0 Å². The second-order valence-corrected chi connectivity index (χ2v) is 8.55. The van der Waals surface area contributed by atoms with Crippen LogP contribution in [0, 0.1) is 0 Å². The summed E-state index contributed by atoms with van der Waals surface area (Å²) in [6.07, 6.45) is 0.250. The van der Waals surface area contributed by atoms with Gasteiger partial charge in [0.25, 0.3) is 0 Å². The Morgan fingerprint density at radius 2 is 1.77 bits per heavy atom. The van der Waals surface area contributed by atoms with Crippen LogP contribution in [0.1, 0.15) is 50.0 Å². The van der Waals surface area contributed by atoms with Crippen molar-refractivity contribution in [1.29, 1.82) is 0 Å². The van der Waals surface area contributed by atoms with Gasteiger partial charge < -0.3 is 19.9 Å². The topological polar surface area (TPSA) is 84.9 Å². The second kappa shape index (κ2) is 9.25. The lowest BCUT2D eigenvalue weighted by Crippen LogP contribution is -2.50. The van der Waals surface area contributed by atoms with Crippen LogP contribution in [-0.4, -0.2) is 29.1 Å². The Kier molecular flexibility index (Phi) is 6.91. The lowest BCUT2D eigenvalue weighted by Gasteiger charge is -2.43. The van der Waals surface area contributed by atoms with E-state index >= 15 is 0 Å². The molecule has 2 aromatic rings. The van der Waals surface area contributed by atoms with Gasteiger partial charge in [0, 0.05) is 40.9 Å². The number of carbonyl (C=O) groups excluding carboxylic acids is 1. The quantitative estimate of drug-likeness (QED) is 0.649. The molecule has 0 spiro atoms. The number of benzene rings is 2. The highest BCUT2D eigenvalue weighted by Crippen LogP contribution is 2.46. The molecule has 0 aromatic heterocycles. The van der Waals surface area contributed by atoms with Crippen molar-refractivity contribution < 1.29 is 24.2 Å². The van der Waals surface area contributed by atoms with Crippen molar-refractivity contribution in [3.63, 3.8) is 0 Å². The largest absolute Gasteiger partial charge is 0.482 e. The predicted octanol–water partition coefficient (Wildman–Crippen LogP) is 4.94. The van der Waals surface area contributed by atoms with Gasteiger partial charge in [-0.15, -0.1) is 0 Å². The summed E-state index contributed by atoms with van der Waals surface area (Å²) in [6, 6.07) is 12.3. The first-order valence-electron chi connectivity index (χ1n) is 9.49. The Bertz CT molecular complexity index is 934. The molecule has 1 fully saturated rings. The molecule has 2 N–H and O–H groups in total. The molecule has 0 unspecified atom stereocenters. The normalized spacial score (nSPS) is 23.6. The molecule has 6 nitrogen and oxygen atoms in total. The number of nitrogens with one attached hydrogen (secondary N) is 1. The molecule has 2 aromatic carbocycles. The van der Waals surface area contributed by atoms with Gasteiger partial charge in [-0.3, -0.25) is 4.79 Å². The van der Waals surface area contributed by atoms with Crippen LogP contribution in [0.4, 0.5) is 0 Å². The van der Waals surface area contributed by atoms with Gasteiger partial charge in [0.1, 0.15) is 5.75 Å². The van der Waals surface area contributed by atoms with Crippen molar-refractivity contribution in [3.05, 3.63) is 63.6 Å². The highest BCUT2D eigenvalue weighted by atomic mass is 35.5. The molecule has 8 heteroatoms. The number of carbonyl (C=O) groups is 2. The first-order chi connectivity index (χ1) is 14.1. The summed E-state index contributed by atoms with van der Waals surface area (Å²) < 4.78 is 11.9. The van der Waals surface area contributed by atoms with Gasteiger partial charge >= 0.3 is 5.97 Å². The zero-order chi connectivity index (χ0) is 21.9. The fourth-order valence-electron chi connectivity index (χ4n) is 3.82. The van der Waals surface area contributed by atoms with Crippen molar-refractivity contribution in [2.45, 2.75) is 44.4 Å². The zero-order valence-corrected chi connectivity index (χ0v) is 18.2. The highest BCUT2D eigenvalue weighted by molar-refractivity contribution is 6.30. The molecule has 1 saturated heterocycles. The average Bonchev–Trinajstić information content (AvgIpc) is 2.66. The van der Waals surface area contributed by atoms with E-state index in [4.69, 9.17) is 37.8 Å². The standard InChI is InChI=1S/C22H23Cl2NO5/c1-13(26)25-22(2)10-19(14-3-5-15(23)6-4-14)30-20(11-22)17-9-16(24)7-8-18(17)29-12-21(27)28/h3-9,19-20H,10-12H2,1-2H3,(H,25,26)(H,27,28)/t19-,20+,22+/m0/s1. The summed E-state index contributed by atoms with van der Waals surface area (Å²) in [7, 11) is 0. The summed E-state index contributed by atoms with van der Waals surface area (Å²) in [6.45, 7) is 2.97. The fourth-order valence-corrected chi connectivity index (χ4v) is 4.13. The highest BCUT2D eigenvalue weighted by Gasteiger charge is 2.40. The first-order valence-corrected chi connectivity index (χ1v) is 10.2. The van der Waals surface area contributed by atoms with Gasteiger partial charge in [-0.05, 0) is 42.8 Å². The molecule has 160 valence electrons. The minimum absolute atomic E-state index is 0.138. The van der Waals surface area contributed by atoms with Crippen LogP contribution in [0.25, 0.3) is 0 Å². The van der Waals surface area contributed by atoms with Gasteiger partial charge in [-0.1, -0.05) is 35.3 Å². The third kappa shape index (κ3) is 5.65. The molecular weight excluding hydrogens is 429 g/mol. The zero-order valence-electron chi connectivity index (χ0n) is 16.7. The Morgan fingerprint density at radius 3 is 2.40 bits per heavy atom. The van der Waals surface area contributed by atoms with Crippen LogP contribution in [0.2, 0.25) is 10.0 Å². The van der Waals surface area contributed by atoms with Crippen LogP contribution in [0.5, 0.6) is 5.75 Å². The van der Waals surface area contributed by atoms with E-state index in [0.29, 0.717) is 34.2 Å². The number of hydrogen-bond donors (Lipinski definition) is 2. The Hall–Kier alpha value is -2.28. The number of halogens is 2. The Labute approximate surface area is 185 Å². The molecule has 3 atom stereocenters. The van der Waals surface area contributed by atoms with E-state index in [1.165, 1.54) is 6.92 Å². The fraction of sp³-hybridized carbons (Fsp3) is 0.364. The van der Waals surface area contributed by atoms with Crippen molar-refractivity contribution in [2.75, 3.05) is 6.61 Å². The molecular formula is C22H23Cl2NO5. The van der Waals surface area contributed by atoms with E-state index in [1.807, 2.05) is 19.1 Å². The van der Waals surface area contributed by atoms with Crippen LogP contribution in [-0.2, 0) is 14.3 Å². The van der Waals surface area contributed by atoms with E-state index in [2.05, 4.69) is 5.32 Å². The molecule has 0 aliphatic carbocycles. The molecule has 0 radical (unpaired) electrons. The summed E-state index contributed by atoms with van der Waals surface area (Å²) in [5.41, 5.74) is 1.01. The van der Waals surface area contributed by atoms with E-state index in [0.717, 1.165) is 5.56 Å². The average molecular weight is 452 g/mol. The molecule has 0 saturated carbocycles. The van der Waals surface area contributed by atoms with Crippen molar-refractivity contribution in [1.82, 2.24) is 5.32 Å². The number of rotatable bonds is 6. The Morgan fingerprint density at radius 1 is 1.13 bits per heavy atom. The third-order valence-corrected chi connectivity index (χ3v) is 5.48. The summed E-state index contributed by atoms with van der Waals surface area (Å²) in [5.74, 6) is -0.835. The van der Waals surface area contributed by atoms with Crippen molar-refractivity contribution in [2.24, 2.45) is 0 Å². The lowest BCUT2D eigenvalue weighted by atomic mass is 9.81. The van der Waals surface area contributed by atoms with E-state index in [9.17, 15) is 9.59 Å². The smallest absolute Gasteiger partial charge is 0.341 e. The molecule has 1 amide bonds. The third-order valence-electron chi connectivity index (χ3n) is 4.99. The summed E-state index contributed by atoms with van der Waals surface area (Å²) in [5, 5.41) is 13.1. The molecule has 0 bridgehead atoms. The monoisotopic (exact) mass is 451 g/mol. The number of amides is 1. The lowest BCUT2D eigenvalue weighted by molar-refractivity contribution is -0.139. The van der Waals surface area contributed by atoms with Crippen molar-refractivity contribution >= 4 is 35.1 Å². The van der Waals surface area contributed by atoms with Gasteiger partial charge in [0.2, 0.25) is 5.91 Å².